The Balaban J connectivity index is 1.79. The van der Waals surface area contributed by atoms with Crippen LogP contribution in [-0.2, 0) is 10.9 Å². The lowest BCUT2D eigenvalue weighted by atomic mass is 10.1. The summed E-state index contributed by atoms with van der Waals surface area (Å²) < 4.78 is 43.6. The number of non-ortho nitro benzene ring substituents is 1. The zero-order chi connectivity index (χ0) is 23.5. The average Bonchev–Trinajstić information content (AvgIpc) is 2.74. The van der Waals surface area contributed by atoms with Gasteiger partial charge in [-0.2, -0.15) is 13.2 Å². The number of ether oxygens (including phenoxy) is 1. The number of halogens is 4. The van der Waals surface area contributed by atoms with Gasteiger partial charge in [-0.1, -0.05) is 11.6 Å². The molecule has 32 heavy (non-hydrogen) atoms. The Labute approximate surface area is 190 Å². The number of hydrogen-bond donors (Lipinski definition) is 2. The number of amides is 1. The largest absolute Gasteiger partial charge is 0.416 e. The van der Waals surface area contributed by atoms with Crippen molar-refractivity contribution in [3.63, 3.8) is 0 Å². The highest BCUT2D eigenvalue weighted by Crippen LogP contribution is 2.33. The molecule has 0 aromatic heterocycles. The van der Waals surface area contributed by atoms with E-state index in [1.54, 1.807) is 0 Å². The number of carbonyl (C=O) groups is 1. The smallest absolute Gasteiger partial charge is 0.378 e. The molecule has 8 nitrogen and oxygen atoms in total. The summed E-state index contributed by atoms with van der Waals surface area (Å²) in [6.07, 6.45) is -4.56. The maximum atomic E-state index is 12.9. The molecule has 3 rings (SSSR count). The van der Waals surface area contributed by atoms with Crippen LogP contribution in [0.15, 0.2) is 36.4 Å². The maximum Gasteiger partial charge on any atom is 0.416 e. The van der Waals surface area contributed by atoms with E-state index in [9.17, 15) is 28.1 Å². The van der Waals surface area contributed by atoms with E-state index in [1.165, 1.54) is 12.1 Å². The number of hydrogen-bond acceptors (Lipinski definition) is 6. The Morgan fingerprint density at radius 3 is 2.47 bits per heavy atom. The number of thiocarbonyl (C=S) groups is 1. The van der Waals surface area contributed by atoms with Crippen molar-refractivity contribution in [2.75, 3.05) is 36.5 Å². The first kappa shape index (κ1) is 23.7. The summed E-state index contributed by atoms with van der Waals surface area (Å²) in [6, 6.07) is 6.52. The number of benzene rings is 2. The van der Waals surface area contributed by atoms with Gasteiger partial charge in [-0.3, -0.25) is 20.2 Å². The number of rotatable bonds is 4. The summed E-state index contributed by atoms with van der Waals surface area (Å²) in [5.74, 6) is -0.726. The van der Waals surface area contributed by atoms with E-state index in [1.807, 2.05) is 4.90 Å². The minimum Gasteiger partial charge on any atom is -0.378 e. The van der Waals surface area contributed by atoms with Gasteiger partial charge in [0.05, 0.1) is 45.7 Å². The minimum atomic E-state index is -4.56. The summed E-state index contributed by atoms with van der Waals surface area (Å²) in [4.78, 5) is 25.2. The van der Waals surface area contributed by atoms with Crippen molar-refractivity contribution in [2.24, 2.45) is 0 Å². The molecular formula is C19H16ClF3N4O4S. The Morgan fingerprint density at radius 1 is 1.19 bits per heavy atom. The third kappa shape index (κ3) is 5.64. The molecule has 1 fully saturated rings. The number of morpholine rings is 1. The Morgan fingerprint density at radius 2 is 1.88 bits per heavy atom. The Kier molecular flexibility index (Phi) is 7.16. The standard InChI is InChI=1S/C19H16ClF3N4O4S/c20-14-9-11(19(21,22)23)1-3-15(14)24-18(32)25-17(28)13-10-12(27(29)30)2-4-16(13)26-5-7-31-8-6-26/h1-4,9-10H,5-8H2,(H2,24,25,28,32). The van der Waals surface area contributed by atoms with Gasteiger partial charge in [0.15, 0.2) is 5.11 Å². The molecule has 0 spiro atoms. The highest BCUT2D eigenvalue weighted by atomic mass is 35.5. The lowest BCUT2D eigenvalue weighted by molar-refractivity contribution is -0.384. The van der Waals surface area contributed by atoms with Crippen molar-refractivity contribution in [1.82, 2.24) is 5.32 Å². The Bertz CT molecular complexity index is 1060. The molecule has 1 saturated heterocycles. The van der Waals surface area contributed by atoms with Crippen LogP contribution < -0.4 is 15.5 Å². The van der Waals surface area contributed by atoms with Crippen LogP contribution in [0.25, 0.3) is 0 Å². The third-order valence-corrected chi connectivity index (χ3v) is 5.08. The second-order valence-corrected chi connectivity index (χ2v) is 7.47. The number of nitro benzene ring substituents is 1. The van der Waals surface area contributed by atoms with Crippen molar-refractivity contribution in [3.05, 3.63) is 62.7 Å². The minimum absolute atomic E-state index is 0.0174. The van der Waals surface area contributed by atoms with Crippen molar-refractivity contribution in [3.8, 4) is 0 Å². The van der Waals surface area contributed by atoms with Gasteiger partial charge in [0.25, 0.3) is 11.6 Å². The number of nitrogens with zero attached hydrogens (tertiary/aromatic N) is 2. The van der Waals surface area contributed by atoms with Gasteiger partial charge in [0, 0.05) is 25.2 Å². The number of alkyl halides is 3. The fraction of sp³-hybridized carbons (Fsp3) is 0.263. The normalized spacial score (nSPS) is 14.1. The van der Waals surface area contributed by atoms with Gasteiger partial charge in [0.2, 0.25) is 0 Å². The monoisotopic (exact) mass is 488 g/mol. The molecule has 2 N–H and O–H groups in total. The molecule has 2 aromatic rings. The predicted octanol–water partition coefficient (Wildman–Crippen LogP) is 4.23. The highest BCUT2D eigenvalue weighted by Gasteiger charge is 2.31. The van der Waals surface area contributed by atoms with Gasteiger partial charge in [-0.05, 0) is 36.5 Å². The summed E-state index contributed by atoms with van der Waals surface area (Å²) in [6.45, 7) is 1.85. The molecule has 2 aromatic carbocycles. The molecule has 0 atom stereocenters. The lowest BCUT2D eigenvalue weighted by Crippen LogP contribution is -2.39. The van der Waals surface area contributed by atoms with E-state index >= 15 is 0 Å². The third-order valence-electron chi connectivity index (χ3n) is 4.56. The molecule has 0 radical (unpaired) electrons. The number of carbonyl (C=O) groups excluding carboxylic acids is 1. The molecule has 0 aliphatic carbocycles. The van der Waals surface area contributed by atoms with Gasteiger partial charge in [-0.15, -0.1) is 0 Å². The fourth-order valence-corrected chi connectivity index (χ4v) is 3.45. The highest BCUT2D eigenvalue weighted by molar-refractivity contribution is 7.80. The fourth-order valence-electron chi connectivity index (χ4n) is 3.02. The van der Waals surface area contributed by atoms with Gasteiger partial charge >= 0.3 is 6.18 Å². The first-order chi connectivity index (χ1) is 15.1. The molecule has 170 valence electrons. The van der Waals surface area contributed by atoms with E-state index in [2.05, 4.69) is 10.6 Å². The number of nitrogens with one attached hydrogen (secondary N) is 2. The van der Waals surface area contributed by atoms with Crippen molar-refractivity contribution in [1.29, 1.82) is 0 Å². The average molecular weight is 489 g/mol. The number of anilines is 2. The van der Waals surface area contributed by atoms with Crippen LogP contribution >= 0.6 is 23.8 Å². The molecule has 1 amide bonds. The van der Waals surface area contributed by atoms with E-state index in [4.69, 9.17) is 28.6 Å². The quantitative estimate of drug-likeness (QED) is 0.377. The second-order valence-electron chi connectivity index (χ2n) is 6.66. The van der Waals surface area contributed by atoms with Crippen LogP contribution in [0.2, 0.25) is 5.02 Å². The van der Waals surface area contributed by atoms with Crippen LogP contribution in [0.5, 0.6) is 0 Å². The lowest BCUT2D eigenvalue weighted by Gasteiger charge is -2.30. The number of nitro groups is 1. The summed E-state index contributed by atoms with van der Waals surface area (Å²) in [7, 11) is 0. The van der Waals surface area contributed by atoms with Crippen LogP contribution in [0, 0.1) is 10.1 Å². The van der Waals surface area contributed by atoms with Crippen LogP contribution in [-0.4, -0.2) is 42.2 Å². The first-order valence-corrected chi connectivity index (χ1v) is 9.95. The summed E-state index contributed by atoms with van der Waals surface area (Å²) in [5, 5.41) is 15.6. The van der Waals surface area contributed by atoms with Crippen LogP contribution in [0.4, 0.5) is 30.2 Å². The second kappa shape index (κ2) is 9.67. The molecule has 1 heterocycles. The van der Waals surface area contributed by atoms with Crippen LogP contribution in [0.3, 0.4) is 0 Å². The van der Waals surface area contributed by atoms with E-state index in [0.29, 0.717) is 32.0 Å². The van der Waals surface area contributed by atoms with Crippen LogP contribution in [0.1, 0.15) is 15.9 Å². The zero-order valence-electron chi connectivity index (χ0n) is 16.2. The maximum absolute atomic E-state index is 12.9. The van der Waals surface area contributed by atoms with Gasteiger partial charge in [-0.25, -0.2) is 0 Å². The molecular weight excluding hydrogens is 473 g/mol. The van der Waals surface area contributed by atoms with Gasteiger partial charge in [0.1, 0.15) is 0 Å². The SMILES string of the molecule is O=C(NC(=S)Nc1ccc(C(F)(F)F)cc1Cl)c1cc([N+](=O)[O-])ccc1N1CCOCC1. The summed E-state index contributed by atoms with van der Waals surface area (Å²) >= 11 is 11.0. The molecule has 0 bridgehead atoms. The van der Waals surface area contributed by atoms with E-state index in [0.717, 1.165) is 24.3 Å². The van der Waals surface area contributed by atoms with Gasteiger partial charge < -0.3 is 15.0 Å². The molecule has 0 saturated carbocycles. The summed E-state index contributed by atoms with van der Waals surface area (Å²) in [5.41, 5.74) is -0.681. The van der Waals surface area contributed by atoms with E-state index < -0.39 is 22.6 Å². The molecule has 13 heteroatoms. The zero-order valence-corrected chi connectivity index (χ0v) is 17.8. The van der Waals surface area contributed by atoms with Crippen molar-refractivity contribution < 1.29 is 27.6 Å². The first-order valence-electron chi connectivity index (χ1n) is 9.16. The molecule has 1 aliphatic rings. The van der Waals surface area contributed by atoms with Crippen molar-refractivity contribution in [2.45, 2.75) is 6.18 Å². The predicted molar refractivity (Wildman–Crippen MR) is 116 cm³/mol. The van der Waals surface area contributed by atoms with Crippen molar-refractivity contribution >= 4 is 51.9 Å². The molecule has 0 unspecified atom stereocenters. The molecule has 1 aliphatic heterocycles. The Hall–Kier alpha value is -2.96. The topological polar surface area (TPSA) is 96.7 Å². The van der Waals surface area contributed by atoms with E-state index in [-0.39, 0.29) is 27.1 Å².